The van der Waals surface area contributed by atoms with Gasteiger partial charge in [-0.15, -0.1) is 0 Å². The molecule has 0 amide bonds. The first-order valence-corrected chi connectivity index (χ1v) is 2.48. The summed E-state index contributed by atoms with van der Waals surface area (Å²) in [6, 6.07) is 0. The second-order valence-electron chi connectivity index (χ2n) is 2.23. The summed E-state index contributed by atoms with van der Waals surface area (Å²) in [7, 11) is 0. The Hall–Kier alpha value is -0.0800. The van der Waals surface area contributed by atoms with Crippen LogP contribution >= 0.6 is 0 Å². The third-order valence-electron chi connectivity index (χ3n) is 1.56. The molecule has 1 saturated heterocycles. The second-order valence-corrected chi connectivity index (χ2v) is 2.23. The van der Waals surface area contributed by atoms with Crippen molar-refractivity contribution in [1.29, 1.82) is 0 Å². The van der Waals surface area contributed by atoms with Crippen molar-refractivity contribution < 1.29 is 9.84 Å². The molecule has 1 aliphatic heterocycles. The van der Waals surface area contributed by atoms with E-state index in [0.29, 0.717) is 0 Å². The van der Waals surface area contributed by atoms with Crippen molar-refractivity contribution in [1.82, 2.24) is 0 Å². The van der Waals surface area contributed by atoms with E-state index in [1.54, 1.807) is 0 Å². The zero-order valence-corrected chi connectivity index (χ0v) is 4.64. The van der Waals surface area contributed by atoms with Gasteiger partial charge in [-0.2, -0.15) is 0 Å². The number of ether oxygens (including phenoxy) is 1. The summed E-state index contributed by atoms with van der Waals surface area (Å²) in [6.45, 7) is 4.00. The lowest BCUT2D eigenvalue weighted by Crippen LogP contribution is -2.12. The standard InChI is InChI=1S/C5H10O2/c1-4-5(2,3-6)7-4/h4,6H,3H2,1-2H3/t4-,5+/m1/s1. The lowest BCUT2D eigenvalue weighted by molar-refractivity contribution is 0.184. The van der Waals surface area contributed by atoms with E-state index in [1.165, 1.54) is 0 Å². The average molecular weight is 102 g/mol. The van der Waals surface area contributed by atoms with Gasteiger partial charge in [0.2, 0.25) is 0 Å². The normalized spacial score (nSPS) is 49.3. The number of hydrogen-bond donors (Lipinski definition) is 1. The van der Waals surface area contributed by atoms with E-state index in [0.717, 1.165) is 0 Å². The van der Waals surface area contributed by atoms with Crippen molar-refractivity contribution in [2.45, 2.75) is 25.6 Å². The average Bonchev–Trinajstić information content (AvgIpc) is 2.18. The Kier molecular flexibility index (Phi) is 0.869. The Morgan fingerprint density at radius 3 is 2.29 bits per heavy atom. The smallest absolute Gasteiger partial charge is 0.115 e. The van der Waals surface area contributed by atoms with Crippen molar-refractivity contribution in [3.05, 3.63) is 0 Å². The highest BCUT2D eigenvalue weighted by Gasteiger charge is 2.48. The summed E-state index contributed by atoms with van der Waals surface area (Å²) in [5.74, 6) is 0. The molecule has 0 aliphatic carbocycles. The minimum atomic E-state index is -0.194. The zero-order valence-electron chi connectivity index (χ0n) is 4.64. The van der Waals surface area contributed by atoms with Crippen LogP contribution in [0.1, 0.15) is 13.8 Å². The summed E-state index contributed by atoms with van der Waals surface area (Å²) in [5.41, 5.74) is -0.194. The molecule has 2 heteroatoms. The van der Waals surface area contributed by atoms with E-state index in [4.69, 9.17) is 9.84 Å². The first-order chi connectivity index (χ1) is 3.19. The summed E-state index contributed by atoms with van der Waals surface area (Å²) < 4.78 is 5.00. The minimum absolute atomic E-state index is 0.147. The molecule has 2 atom stereocenters. The van der Waals surface area contributed by atoms with Crippen molar-refractivity contribution in [3.63, 3.8) is 0 Å². The molecule has 1 aliphatic rings. The third-order valence-corrected chi connectivity index (χ3v) is 1.56. The second kappa shape index (κ2) is 1.20. The molecule has 2 nitrogen and oxygen atoms in total. The van der Waals surface area contributed by atoms with Gasteiger partial charge in [0.15, 0.2) is 0 Å². The summed E-state index contributed by atoms with van der Waals surface area (Å²) in [5, 5.41) is 8.51. The Balaban J connectivity index is 2.36. The van der Waals surface area contributed by atoms with Gasteiger partial charge in [0.1, 0.15) is 5.60 Å². The maximum atomic E-state index is 8.51. The predicted octanol–water partition coefficient (Wildman–Crippen LogP) is 0.156. The molecule has 7 heavy (non-hydrogen) atoms. The van der Waals surface area contributed by atoms with Crippen LogP contribution in [0.4, 0.5) is 0 Å². The maximum absolute atomic E-state index is 8.51. The SMILES string of the molecule is C[C@H]1O[C@@]1(C)CO. The van der Waals surface area contributed by atoms with Crippen LogP contribution in [0.25, 0.3) is 0 Å². The molecule has 1 N–H and O–H groups in total. The Bertz CT molecular complexity index is 78.1. The van der Waals surface area contributed by atoms with Crippen LogP contribution in [-0.2, 0) is 4.74 Å². The molecule has 0 aromatic rings. The predicted molar refractivity (Wildman–Crippen MR) is 26.0 cm³/mol. The number of aliphatic hydroxyl groups excluding tert-OH is 1. The summed E-state index contributed by atoms with van der Waals surface area (Å²) in [6.07, 6.45) is 0.262. The van der Waals surface area contributed by atoms with Gasteiger partial charge in [-0.25, -0.2) is 0 Å². The highest BCUT2D eigenvalue weighted by molar-refractivity contribution is 4.94. The molecule has 0 bridgehead atoms. The number of epoxide rings is 1. The quantitative estimate of drug-likeness (QED) is 0.478. The van der Waals surface area contributed by atoms with Gasteiger partial charge in [0.05, 0.1) is 12.7 Å². The fourth-order valence-electron chi connectivity index (χ4n) is 0.536. The van der Waals surface area contributed by atoms with E-state index in [9.17, 15) is 0 Å². The lowest BCUT2D eigenvalue weighted by atomic mass is 10.1. The Labute approximate surface area is 43.1 Å². The van der Waals surface area contributed by atoms with Crippen LogP contribution < -0.4 is 0 Å². The van der Waals surface area contributed by atoms with Crippen molar-refractivity contribution in [2.24, 2.45) is 0 Å². The van der Waals surface area contributed by atoms with Gasteiger partial charge in [-0.3, -0.25) is 0 Å². The van der Waals surface area contributed by atoms with Crippen molar-refractivity contribution in [2.75, 3.05) is 6.61 Å². The molecule has 0 radical (unpaired) electrons. The zero-order chi connectivity index (χ0) is 5.49. The number of hydrogen-bond acceptors (Lipinski definition) is 2. The van der Waals surface area contributed by atoms with E-state index < -0.39 is 0 Å². The molecular formula is C5H10O2. The monoisotopic (exact) mass is 102 g/mol. The van der Waals surface area contributed by atoms with Crippen LogP contribution in [0.5, 0.6) is 0 Å². The lowest BCUT2D eigenvalue weighted by Gasteiger charge is -1.93. The first-order valence-electron chi connectivity index (χ1n) is 2.48. The van der Waals surface area contributed by atoms with Crippen LogP contribution in [-0.4, -0.2) is 23.4 Å². The van der Waals surface area contributed by atoms with Crippen LogP contribution in [0.3, 0.4) is 0 Å². The van der Waals surface area contributed by atoms with Gasteiger partial charge in [0.25, 0.3) is 0 Å². The van der Waals surface area contributed by atoms with Crippen LogP contribution in [0, 0.1) is 0 Å². The molecule has 1 rings (SSSR count). The molecule has 0 spiro atoms. The van der Waals surface area contributed by atoms with E-state index in [2.05, 4.69) is 0 Å². The molecular weight excluding hydrogens is 92.1 g/mol. The topological polar surface area (TPSA) is 32.8 Å². The summed E-state index contributed by atoms with van der Waals surface area (Å²) >= 11 is 0. The maximum Gasteiger partial charge on any atom is 0.115 e. The van der Waals surface area contributed by atoms with E-state index in [1.807, 2.05) is 13.8 Å². The van der Waals surface area contributed by atoms with Gasteiger partial charge >= 0.3 is 0 Å². The third kappa shape index (κ3) is 0.640. The Morgan fingerprint density at radius 1 is 1.86 bits per heavy atom. The fourth-order valence-corrected chi connectivity index (χ4v) is 0.536. The Morgan fingerprint density at radius 2 is 2.29 bits per heavy atom. The number of rotatable bonds is 1. The van der Waals surface area contributed by atoms with Crippen molar-refractivity contribution in [3.8, 4) is 0 Å². The van der Waals surface area contributed by atoms with Crippen LogP contribution in [0.15, 0.2) is 0 Å². The fraction of sp³-hybridized carbons (Fsp3) is 1.00. The first kappa shape index (κ1) is 5.06. The summed E-state index contributed by atoms with van der Waals surface area (Å²) in [4.78, 5) is 0. The van der Waals surface area contributed by atoms with Gasteiger partial charge in [-0.1, -0.05) is 0 Å². The minimum Gasteiger partial charge on any atom is -0.393 e. The van der Waals surface area contributed by atoms with Crippen LogP contribution in [0.2, 0.25) is 0 Å². The molecule has 0 aromatic heterocycles. The van der Waals surface area contributed by atoms with Gasteiger partial charge in [-0.05, 0) is 13.8 Å². The molecule has 0 aromatic carbocycles. The number of aliphatic hydroxyl groups is 1. The molecule has 1 fully saturated rings. The van der Waals surface area contributed by atoms with Gasteiger partial charge < -0.3 is 9.84 Å². The highest BCUT2D eigenvalue weighted by Crippen LogP contribution is 2.34. The van der Waals surface area contributed by atoms with E-state index in [-0.39, 0.29) is 18.3 Å². The molecule has 0 saturated carbocycles. The highest BCUT2D eigenvalue weighted by atomic mass is 16.6. The largest absolute Gasteiger partial charge is 0.393 e. The van der Waals surface area contributed by atoms with Crippen molar-refractivity contribution >= 4 is 0 Å². The molecule has 1 heterocycles. The molecule has 42 valence electrons. The van der Waals surface area contributed by atoms with Gasteiger partial charge in [0, 0.05) is 0 Å². The van der Waals surface area contributed by atoms with E-state index >= 15 is 0 Å². The molecule has 0 unspecified atom stereocenters.